The van der Waals surface area contributed by atoms with Crippen molar-refractivity contribution in [3.05, 3.63) is 87.3 Å². The molecule has 0 amide bonds. The maximum atomic E-state index is 13.5. The van der Waals surface area contributed by atoms with Crippen LogP contribution in [0.3, 0.4) is 0 Å². The van der Waals surface area contributed by atoms with E-state index in [1.54, 1.807) is 0 Å². The number of nitrogens with zero attached hydrogens (tertiary/aromatic N) is 1. The molecule has 0 radical (unpaired) electrons. The Bertz CT molecular complexity index is 1350. The number of carbonyl (C=O) groups is 1. The zero-order chi connectivity index (χ0) is 22.6. The summed E-state index contributed by atoms with van der Waals surface area (Å²) in [5, 5.41) is 4.75. The van der Waals surface area contributed by atoms with Gasteiger partial charge in [-0.25, -0.2) is 0 Å². The number of benzene rings is 2. The molecule has 1 aliphatic carbocycles. The highest BCUT2D eigenvalue weighted by Crippen LogP contribution is 2.45. The van der Waals surface area contributed by atoms with Crippen molar-refractivity contribution in [3.8, 4) is 0 Å². The average molecular weight is 444 g/mol. The van der Waals surface area contributed by atoms with Gasteiger partial charge in [0, 0.05) is 34.5 Å². The molecule has 0 bridgehead atoms. The first-order valence-corrected chi connectivity index (χ1v) is 11.2. The van der Waals surface area contributed by atoms with Gasteiger partial charge in [-0.3, -0.25) is 14.5 Å². The number of aromatic amines is 1. The summed E-state index contributed by atoms with van der Waals surface area (Å²) in [7, 11) is 0. The minimum atomic E-state index is -0.574. The predicted molar refractivity (Wildman–Crippen MR) is 132 cm³/mol. The molecule has 3 aromatic rings. The lowest BCUT2D eigenvalue weighted by molar-refractivity contribution is -0.118. The summed E-state index contributed by atoms with van der Waals surface area (Å²) < 4.78 is 0. The summed E-state index contributed by atoms with van der Waals surface area (Å²) in [5.74, 6) is 0.0564. The van der Waals surface area contributed by atoms with Gasteiger partial charge in [0.05, 0.1) is 6.04 Å². The first kappa shape index (κ1) is 20.6. The van der Waals surface area contributed by atoms with Crippen molar-refractivity contribution < 1.29 is 4.79 Å². The van der Waals surface area contributed by atoms with Crippen LogP contribution in [0.25, 0.3) is 10.9 Å². The highest BCUT2D eigenvalue weighted by Gasteiger charge is 2.43. The molecule has 32 heavy (non-hydrogen) atoms. The zero-order valence-corrected chi connectivity index (χ0v) is 19.2. The molecule has 2 aromatic carbocycles. The second-order valence-electron chi connectivity index (χ2n) is 9.50. The van der Waals surface area contributed by atoms with E-state index < -0.39 is 6.04 Å². The van der Waals surface area contributed by atoms with Gasteiger partial charge in [0.25, 0.3) is 5.56 Å². The number of aromatic nitrogens is 1. The predicted octanol–water partition coefficient (Wildman–Crippen LogP) is 4.92. The number of carbonyl (C=O) groups excluding carboxylic acids is 1. The van der Waals surface area contributed by atoms with Gasteiger partial charge in [0.2, 0.25) is 0 Å². The van der Waals surface area contributed by atoms with Crippen molar-refractivity contribution in [2.75, 3.05) is 4.90 Å². The number of thiocarbonyl (C=S) groups is 1. The number of rotatable bonds is 2. The van der Waals surface area contributed by atoms with Crippen LogP contribution in [-0.2, 0) is 4.79 Å². The number of ketones is 1. The van der Waals surface area contributed by atoms with Crippen molar-refractivity contribution in [1.82, 2.24) is 10.3 Å². The Balaban J connectivity index is 1.73. The third kappa shape index (κ3) is 3.45. The van der Waals surface area contributed by atoms with Crippen LogP contribution in [0, 0.1) is 12.3 Å². The van der Waals surface area contributed by atoms with E-state index in [-0.39, 0.29) is 16.8 Å². The zero-order valence-electron chi connectivity index (χ0n) is 18.4. The number of allylic oxidation sites excluding steroid dienone is 1. The van der Waals surface area contributed by atoms with E-state index in [1.807, 2.05) is 66.4 Å². The molecule has 0 saturated carbocycles. The van der Waals surface area contributed by atoms with Gasteiger partial charge in [-0.05, 0) is 66.7 Å². The Hall–Kier alpha value is -3.25. The molecule has 1 unspecified atom stereocenters. The van der Waals surface area contributed by atoms with Gasteiger partial charge in [-0.2, -0.15) is 0 Å². The molecule has 162 valence electrons. The molecular weight excluding hydrogens is 418 g/mol. The monoisotopic (exact) mass is 443 g/mol. The SMILES string of the molecule is Cc1ccc2[nH]c(=O)c(C3NC(=S)N(c4ccccc4)C4=C3C(=O)CC(C)(C)C4)cc2c1. The summed E-state index contributed by atoms with van der Waals surface area (Å²) in [6.07, 6.45) is 1.13. The topological polar surface area (TPSA) is 65.2 Å². The van der Waals surface area contributed by atoms with Crippen molar-refractivity contribution in [1.29, 1.82) is 0 Å². The fraction of sp³-hybridized carbons (Fsp3) is 0.269. The number of anilines is 1. The van der Waals surface area contributed by atoms with E-state index in [2.05, 4.69) is 24.1 Å². The minimum Gasteiger partial charge on any atom is -0.351 e. The van der Waals surface area contributed by atoms with Crippen LogP contribution in [0.15, 0.2) is 70.7 Å². The molecular formula is C26H25N3O2S. The lowest BCUT2D eigenvalue weighted by Crippen LogP contribution is -2.52. The summed E-state index contributed by atoms with van der Waals surface area (Å²) in [6.45, 7) is 6.22. The molecule has 2 aliphatic rings. The lowest BCUT2D eigenvalue weighted by atomic mass is 9.72. The fourth-order valence-corrected chi connectivity index (χ4v) is 5.19. The number of Topliss-reactive ketones (excluding diaryl/α,β-unsaturated/α-hetero) is 1. The Morgan fingerprint density at radius 3 is 2.53 bits per heavy atom. The largest absolute Gasteiger partial charge is 0.351 e. The molecule has 2 N–H and O–H groups in total. The number of hydrogen-bond donors (Lipinski definition) is 2. The Kier molecular flexibility index (Phi) is 4.78. The Labute approximate surface area is 192 Å². The number of nitrogens with one attached hydrogen (secondary N) is 2. The van der Waals surface area contributed by atoms with Crippen molar-refractivity contribution in [2.45, 2.75) is 39.7 Å². The van der Waals surface area contributed by atoms with E-state index >= 15 is 0 Å². The minimum absolute atomic E-state index is 0.0564. The third-order valence-electron chi connectivity index (χ3n) is 6.28. The average Bonchev–Trinajstić information content (AvgIpc) is 2.72. The van der Waals surface area contributed by atoms with Gasteiger partial charge < -0.3 is 10.3 Å². The normalized spacial score (nSPS) is 20.3. The van der Waals surface area contributed by atoms with E-state index in [4.69, 9.17) is 12.2 Å². The second-order valence-corrected chi connectivity index (χ2v) is 9.89. The molecule has 2 heterocycles. The molecule has 0 saturated heterocycles. The van der Waals surface area contributed by atoms with Gasteiger partial charge in [-0.1, -0.05) is 43.7 Å². The number of hydrogen-bond acceptors (Lipinski definition) is 3. The van der Waals surface area contributed by atoms with Crippen molar-refractivity contribution in [2.24, 2.45) is 5.41 Å². The molecule has 1 atom stereocenters. The van der Waals surface area contributed by atoms with Crippen LogP contribution in [0.4, 0.5) is 5.69 Å². The number of para-hydroxylation sites is 1. The van der Waals surface area contributed by atoms with E-state index in [9.17, 15) is 9.59 Å². The van der Waals surface area contributed by atoms with Gasteiger partial charge in [0.15, 0.2) is 10.9 Å². The molecule has 5 nitrogen and oxygen atoms in total. The Morgan fingerprint density at radius 2 is 1.78 bits per heavy atom. The second kappa shape index (κ2) is 7.41. The first-order chi connectivity index (χ1) is 15.2. The molecule has 0 fully saturated rings. The number of fused-ring (bicyclic) bond motifs is 1. The summed E-state index contributed by atoms with van der Waals surface area (Å²) in [6, 6.07) is 17.1. The molecule has 1 aliphatic heterocycles. The molecule has 0 spiro atoms. The maximum absolute atomic E-state index is 13.5. The van der Waals surface area contributed by atoms with E-state index in [0.29, 0.717) is 29.1 Å². The quantitative estimate of drug-likeness (QED) is 0.551. The van der Waals surface area contributed by atoms with Crippen LogP contribution in [0.1, 0.15) is 43.9 Å². The van der Waals surface area contributed by atoms with Crippen LogP contribution < -0.4 is 15.8 Å². The van der Waals surface area contributed by atoms with Gasteiger partial charge in [0.1, 0.15) is 0 Å². The molecule has 6 heteroatoms. The standard InChI is InChI=1S/C26H25N3O2S/c1-15-9-10-19-16(11-15)12-18(24(31)27-19)23-22-20(13-26(2,3)14-21(22)30)29(25(32)28-23)17-7-5-4-6-8-17/h4-12,23H,13-14H2,1-3H3,(H,27,31)(H,28,32). The van der Waals surface area contributed by atoms with Crippen LogP contribution >= 0.6 is 12.2 Å². The van der Waals surface area contributed by atoms with Gasteiger partial charge >= 0.3 is 0 Å². The third-order valence-corrected chi connectivity index (χ3v) is 6.58. The highest BCUT2D eigenvalue weighted by molar-refractivity contribution is 7.80. The molecule has 5 rings (SSSR count). The van der Waals surface area contributed by atoms with Crippen LogP contribution in [0.2, 0.25) is 0 Å². The fourth-order valence-electron chi connectivity index (χ4n) is 4.85. The van der Waals surface area contributed by atoms with E-state index in [0.717, 1.165) is 27.9 Å². The number of pyridine rings is 1. The highest BCUT2D eigenvalue weighted by atomic mass is 32.1. The number of H-pyrrole nitrogens is 1. The summed E-state index contributed by atoms with van der Waals surface area (Å²) >= 11 is 5.79. The number of aryl methyl sites for hydroxylation is 1. The first-order valence-electron chi connectivity index (χ1n) is 10.8. The van der Waals surface area contributed by atoms with Crippen molar-refractivity contribution in [3.63, 3.8) is 0 Å². The van der Waals surface area contributed by atoms with Crippen molar-refractivity contribution >= 4 is 39.7 Å². The van der Waals surface area contributed by atoms with Gasteiger partial charge in [-0.15, -0.1) is 0 Å². The van der Waals surface area contributed by atoms with Crippen LogP contribution in [0.5, 0.6) is 0 Å². The summed E-state index contributed by atoms with van der Waals surface area (Å²) in [5.41, 5.74) is 4.43. The Morgan fingerprint density at radius 1 is 1.03 bits per heavy atom. The molecule has 1 aromatic heterocycles. The van der Waals surface area contributed by atoms with E-state index in [1.165, 1.54) is 0 Å². The van der Waals surface area contributed by atoms with Crippen LogP contribution in [-0.4, -0.2) is 15.9 Å². The lowest BCUT2D eigenvalue weighted by Gasteiger charge is -2.44. The smallest absolute Gasteiger partial charge is 0.254 e. The summed E-state index contributed by atoms with van der Waals surface area (Å²) in [4.78, 5) is 31.5. The maximum Gasteiger partial charge on any atom is 0.254 e.